The van der Waals surface area contributed by atoms with Crippen LogP contribution in [0.25, 0.3) is 5.69 Å². The van der Waals surface area contributed by atoms with Crippen LogP contribution >= 0.6 is 0 Å². The topological polar surface area (TPSA) is 46.9 Å². The van der Waals surface area contributed by atoms with Gasteiger partial charge in [0, 0.05) is 28.8 Å². The van der Waals surface area contributed by atoms with Crippen LogP contribution in [0.2, 0.25) is 0 Å². The summed E-state index contributed by atoms with van der Waals surface area (Å²) in [5, 5.41) is 2.78. The van der Waals surface area contributed by atoms with E-state index in [9.17, 15) is 4.79 Å². The summed E-state index contributed by atoms with van der Waals surface area (Å²) in [4.78, 5) is 16.3. The van der Waals surface area contributed by atoms with Crippen LogP contribution in [0.4, 0.5) is 5.82 Å². The minimum Gasteiger partial charge on any atom is -0.319 e. The maximum absolute atomic E-state index is 12.2. The Bertz CT molecular complexity index is 769. The minimum absolute atomic E-state index is 0.161. The van der Waals surface area contributed by atoms with Gasteiger partial charge in [-0.15, -0.1) is 0 Å². The first-order valence-electron chi connectivity index (χ1n) is 7.13. The predicted molar refractivity (Wildman–Crippen MR) is 87.4 cm³/mol. The summed E-state index contributed by atoms with van der Waals surface area (Å²) in [5.41, 5.74) is 4.00. The van der Waals surface area contributed by atoms with E-state index in [1.807, 2.05) is 36.4 Å². The van der Waals surface area contributed by atoms with Crippen molar-refractivity contribution in [2.75, 3.05) is 5.32 Å². The van der Waals surface area contributed by atoms with Gasteiger partial charge in [-0.2, -0.15) is 0 Å². The summed E-state index contributed by atoms with van der Waals surface area (Å²) >= 11 is 0. The molecular formula is C18H17N3O. The van der Waals surface area contributed by atoms with E-state index in [4.69, 9.17) is 0 Å². The number of carbonyl (C=O) groups is 1. The molecule has 2 aromatic heterocycles. The molecule has 0 fully saturated rings. The normalized spacial score (nSPS) is 10.5. The summed E-state index contributed by atoms with van der Waals surface area (Å²) in [6, 6.07) is 17.1. The second kappa shape index (κ2) is 5.85. The van der Waals surface area contributed by atoms with E-state index in [-0.39, 0.29) is 5.91 Å². The van der Waals surface area contributed by atoms with Crippen molar-refractivity contribution in [2.45, 2.75) is 13.8 Å². The third-order valence-electron chi connectivity index (χ3n) is 3.57. The molecule has 0 aliphatic carbocycles. The van der Waals surface area contributed by atoms with Crippen molar-refractivity contribution in [2.24, 2.45) is 0 Å². The largest absolute Gasteiger partial charge is 0.319 e. The van der Waals surface area contributed by atoms with Gasteiger partial charge in [-0.05, 0) is 62.4 Å². The van der Waals surface area contributed by atoms with E-state index in [1.54, 1.807) is 12.3 Å². The summed E-state index contributed by atoms with van der Waals surface area (Å²) in [6.45, 7) is 4.13. The van der Waals surface area contributed by atoms with Crippen molar-refractivity contribution in [1.82, 2.24) is 9.55 Å². The molecule has 22 heavy (non-hydrogen) atoms. The second-order valence-electron chi connectivity index (χ2n) is 5.17. The highest BCUT2D eigenvalue weighted by Gasteiger charge is 2.08. The lowest BCUT2D eigenvalue weighted by Gasteiger charge is -2.10. The molecule has 0 spiro atoms. The van der Waals surface area contributed by atoms with Crippen LogP contribution in [0.1, 0.15) is 21.7 Å². The Balaban J connectivity index is 1.81. The molecular weight excluding hydrogens is 274 g/mol. The lowest BCUT2D eigenvalue weighted by molar-refractivity contribution is 0.102. The number of anilines is 1. The number of hydrogen-bond acceptors (Lipinski definition) is 2. The zero-order valence-electron chi connectivity index (χ0n) is 12.6. The number of aromatic nitrogens is 2. The SMILES string of the molecule is Cc1ccc(C)n1-c1ccc(C(=O)Nc2ccccn2)cc1. The quantitative estimate of drug-likeness (QED) is 0.799. The molecule has 1 amide bonds. The molecule has 0 saturated carbocycles. The number of nitrogens with one attached hydrogen (secondary N) is 1. The number of rotatable bonds is 3. The monoisotopic (exact) mass is 291 g/mol. The molecule has 0 saturated heterocycles. The maximum Gasteiger partial charge on any atom is 0.256 e. The fraction of sp³-hybridized carbons (Fsp3) is 0.111. The highest BCUT2D eigenvalue weighted by atomic mass is 16.1. The first kappa shape index (κ1) is 14.1. The lowest BCUT2D eigenvalue weighted by atomic mass is 10.2. The maximum atomic E-state index is 12.2. The molecule has 3 rings (SSSR count). The number of nitrogens with zero attached hydrogens (tertiary/aromatic N) is 2. The van der Waals surface area contributed by atoms with Gasteiger partial charge in [-0.3, -0.25) is 4.79 Å². The van der Waals surface area contributed by atoms with Gasteiger partial charge in [0.15, 0.2) is 0 Å². The first-order chi connectivity index (χ1) is 10.6. The van der Waals surface area contributed by atoms with Crippen molar-refractivity contribution in [3.05, 3.63) is 77.7 Å². The number of amides is 1. The average Bonchev–Trinajstić information content (AvgIpc) is 2.87. The highest BCUT2D eigenvalue weighted by molar-refractivity contribution is 6.03. The molecule has 110 valence electrons. The van der Waals surface area contributed by atoms with Crippen LogP contribution < -0.4 is 5.32 Å². The van der Waals surface area contributed by atoms with Crippen LogP contribution in [0.5, 0.6) is 0 Å². The van der Waals surface area contributed by atoms with Crippen molar-refractivity contribution in [1.29, 1.82) is 0 Å². The molecule has 4 nitrogen and oxygen atoms in total. The van der Waals surface area contributed by atoms with Gasteiger partial charge in [0.1, 0.15) is 5.82 Å². The molecule has 4 heteroatoms. The van der Waals surface area contributed by atoms with Crippen LogP contribution in [-0.2, 0) is 0 Å². The van der Waals surface area contributed by atoms with E-state index in [2.05, 4.69) is 40.8 Å². The Morgan fingerprint density at radius 3 is 2.23 bits per heavy atom. The Kier molecular flexibility index (Phi) is 3.74. The zero-order chi connectivity index (χ0) is 15.5. The summed E-state index contributed by atoms with van der Waals surface area (Å²) in [7, 11) is 0. The average molecular weight is 291 g/mol. The Hall–Kier alpha value is -2.88. The van der Waals surface area contributed by atoms with Gasteiger partial charge in [-0.1, -0.05) is 6.07 Å². The number of aryl methyl sites for hydroxylation is 2. The molecule has 2 heterocycles. The van der Waals surface area contributed by atoms with E-state index >= 15 is 0 Å². The molecule has 0 atom stereocenters. The molecule has 3 aromatic rings. The number of hydrogen-bond donors (Lipinski definition) is 1. The molecule has 0 bridgehead atoms. The zero-order valence-corrected chi connectivity index (χ0v) is 12.6. The van der Waals surface area contributed by atoms with E-state index in [0.717, 1.165) is 5.69 Å². The smallest absolute Gasteiger partial charge is 0.256 e. The summed E-state index contributed by atoms with van der Waals surface area (Å²) in [5.74, 6) is 0.389. The van der Waals surface area contributed by atoms with Gasteiger partial charge < -0.3 is 9.88 Å². The third kappa shape index (κ3) is 2.76. The number of carbonyl (C=O) groups excluding carboxylic acids is 1. The summed E-state index contributed by atoms with van der Waals surface area (Å²) < 4.78 is 2.15. The van der Waals surface area contributed by atoms with E-state index in [0.29, 0.717) is 11.4 Å². The Morgan fingerprint density at radius 2 is 1.64 bits per heavy atom. The van der Waals surface area contributed by atoms with Crippen molar-refractivity contribution >= 4 is 11.7 Å². The lowest BCUT2D eigenvalue weighted by Crippen LogP contribution is -2.12. The molecule has 0 aliphatic heterocycles. The Labute approximate surface area is 129 Å². The van der Waals surface area contributed by atoms with Gasteiger partial charge in [-0.25, -0.2) is 4.98 Å². The van der Waals surface area contributed by atoms with Crippen LogP contribution in [0.15, 0.2) is 60.8 Å². The first-order valence-corrected chi connectivity index (χ1v) is 7.13. The van der Waals surface area contributed by atoms with E-state index < -0.39 is 0 Å². The van der Waals surface area contributed by atoms with Crippen molar-refractivity contribution in [3.63, 3.8) is 0 Å². The molecule has 1 aromatic carbocycles. The summed E-state index contributed by atoms with van der Waals surface area (Å²) in [6.07, 6.45) is 1.65. The molecule has 0 radical (unpaired) electrons. The van der Waals surface area contributed by atoms with Gasteiger partial charge in [0.05, 0.1) is 0 Å². The van der Waals surface area contributed by atoms with E-state index in [1.165, 1.54) is 11.4 Å². The number of benzene rings is 1. The standard InChI is InChI=1S/C18H17N3O/c1-13-6-7-14(2)21(13)16-10-8-15(9-11-16)18(22)20-17-5-3-4-12-19-17/h3-12H,1-2H3,(H,19,20,22). The van der Waals surface area contributed by atoms with Gasteiger partial charge in [0.25, 0.3) is 5.91 Å². The fourth-order valence-electron chi connectivity index (χ4n) is 2.46. The van der Waals surface area contributed by atoms with Crippen LogP contribution in [0, 0.1) is 13.8 Å². The predicted octanol–water partition coefficient (Wildman–Crippen LogP) is 3.74. The highest BCUT2D eigenvalue weighted by Crippen LogP contribution is 2.17. The number of pyridine rings is 1. The van der Waals surface area contributed by atoms with Crippen molar-refractivity contribution in [3.8, 4) is 5.69 Å². The van der Waals surface area contributed by atoms with Crippen LogP contribution in [0.3, 0.4) is 0 Å². The van der Waals surface area contributed by atoms with Gasteiger partial charge >= 0.3 is 0 Å². The Morgan fingerprint density at radius 1 is 0.955 bits per heavy atom. The molecule has 1 N–H and O–H groups in total. The molecule has 0 unspecified atom stereocenters. The third-order valence-corrected chi connectivity index (χ3v) is 3.57. The van der Waals surface area contributed by atoms with Gasteiger partial charge in [0.2, 0.25) is 0 Å². The van der Waals surface area contributed by atoms with Crippen LogP contribution in [-0.4, -0.2) is 15.5 Å². The molecule has 0 aliphatic rings. The fourth-order valence-corrected chi connectivity index (χ4v) is 2.46. The second-order valence-corrected chi connectivity index (χ2v) is 5.17. The van der Waals surface area contributed by atoms with Crippen molar-refractivity contribution < 1.29 is 4.79 Å². The minimum atomic E-state index is -0.161.